The Hall–Kier alpha value is -3.87. The number of aromatic carboxylic acids is 1. The highest BCUT2D eigenvalue weighted by Crippen LogP contribution is 2.36. The Labute approximate surface area is 190 Å². The molecule has 8 nitrogen and oxygen atoms in total. The molecule has 4 rings (SSSR count). The van der Waals surface area contributed by atoms with Gasteiger partial charge in [-0.3, -0.25) is 4.40 Å². The summed E-state index contributed by atoms with van der Waals surface area (Å²) in [6, 6.07) is 9.12. The molecule has 0 spiro atoms. The number of nitrogens with zero attached hydrogens (tertiary/aromatic N) is 4. The molecule has 4 aromatic rings. The van der Waals surface area contributed by atoms with Crippen molar-refractivity contribution in [1.82, 2.24) is 14.4 Å². The molecule has 160 valence electrons. The zero-order chi connectivity index (χ0) is 22.8. The van der Waals surface area contributed by atoms with E-state index in [-0.39, 0.29) is 28.0 Å². The smallest absolute Gasteiger partial charge is 0.337 e. The van der Waals surface area contributed by atoms with Gasteiger partial charge in [-0.15, -0.1) is 0 Å². The van der Waals surface area contributed by atoms with E-state index in [1.54, 1.807) is 28.8 Å². The molecule has 2 aromatic heterocycles. The van der Waals surface area contributed by atoms with Crippen LogP contribution in [0.5, 0.6) is 5.75 Å². The van der Waals surface area contributed by atoms with Gasteiger partial charge in [-0.25, -0.2) is 19.2 Å². The highest BCUT2D eigenvalue weighted by Gasteiger charge is 2.18. The van der Waals surface area contributed by atoms with Gasteiger partial charge in [0.2, 0.25) is 0 Å². The van der Waals surface area contributed by atoms with Crippen molar-refractivity contribution in [3.05, 3.63) is 70.3 Å². The van der Waals surface area contributed by atoms with E-state index in [2.05, 4.69) is 15.3 Å². The predicted molar refractivity (Wildman–Crippen MR) is 116 cm³/mol. The molecule has 0 radical (unpaired) electrons. The molecule has 0 atom stereocenters. The molecule has 2 aromatic carbocycles. The lowest BCUT2D eigenvalue weighted by Gasteiger charge is -2.11. The summed E-state index contributed by atoms with van der Waals surface area (Å²) in [7, 11) is 0. The maximum Gasteiger partial charge on any atom is 0.337 e. The van der Waals surface area contributed by atoms with Crippen LogP contribution in [0.3, 0.4) is 0 Å². The van der Waals surface area contributed by atoms with Gasteiger partial charge in [0.15, 0.2) is 29.6 Å². The normalized spacial score (nSPS) is 10.7. The summed E-state index contributed by atoms with van der Waals surface area (Å²) in [6.07, 6.45) is 4.67. The largest absolute Gasteiger partial charge is 0.478 e. The minimum absolute atomic E-state index is 0.0228. The van der Waals surface area contributed by atoms with E-state index >= 15 is 0 Å². The molecule has 0 amide bonds. The van der Waals surface area contributed by atoms with Crippen LogP contribution >= 0.6 is 23.2 Å². The Balaban J connectivity index is 1.72. The number of imidazole rings is 1. The zero-order valence-corrected chi connectivity index (χ0v) is 17.5. The summed E-state index contributed by atoms with van der Waals surface area (Å²) in [6.45, 7) is -0.305. The van der Waals surface area contributed by atoms with Crippen LogP contribution in [-0.4, -0.2) is 32.1 Å². The number of rotatable bonds is 6. The van der Waals surface area contributed by atoms with E-state index in [1.807, 2.05) is 0 Å². The van der Waals surface area contributed by atoms with Gasteiger partial charge in [0.1, 0.15) is 6.07 Å². The molecule has 2 heterocycles. The van der Waals surface area contributed by atoms with Crippen LogP contribution in [0.25, 0.3) is 16.9 Å². The predicted octanol–water partition coefficient (Wildman–Crippen LogP) is 5.19. The molecule has 0 aliphatic heterocycles. The number of nitrogens with one attached hydrogen (secondary N) is 1. The first-order valence-corrected chi connectivity index (χ1v) is 9.76. The number of halogens is 3. The molecule has 0 aliphatic rings. The average Bonchev–Trinajstić information content (AvgIpc) is 3.19. The first-order valence-electron chi connectivity index (χ1n) is 9.00. The fourth-order valence-electron chi connectivity index (χ4n) is 3.06. The van der Waals surface area contributed by atoms with E-state index in [4.69, 9.17) is 38.3 Å². The van der Waals surface area contributed by atoms with Crippen LogP contribution < -0.4 is 10.1 Å². The maximum absolute atomic E-state index is 14.6. The summed E-state index contributed by atoms with van der Waals surface area (Å²) in [5, 5.41) is 20.7. The monoisotopic (exact) mass is 471 g/mol. The first-order chi connectivity index (χ1) is 15.4. The average molecular weight is 472 g/mol. The van der Waals surface area contributed by atoms with Crippen LogP contribution in [0, 0.1) is 17.1 Å². The minimum Gasteiger partial charge on any atom is -0.478 e. The summed E-state index contributed by atoms with van der Waals surface area (Å²) < 4.78 is 21.3. The van der Waals surface area contributed by atoms with Crippen molar-refractivity contribution in [3.63, 3.8) is 0 Å². The van der Waals surface area contributed by atoms with Crippen molar-refractivity contribution >= 4 is 46.3 Å². The van der Waals surface area contributed by atoms with Crippen LogP contribution in [-0.2, 0) is 0 Å². The van der Waals surface area contributed by atoms with Gasteiger partial charge >= 0.3 is 5.97 Å². The van der Waals surface area contributed by atoms with Crippen LogP contribution in [0.4, 0.5) is 15.9 Å². The molecular formula is C21H12Cl2FN5O3. The Bertz CT molecular complexity index is 1400. The van der Waals surface area contributed by atoms with Gasteiger partial charge < -0.3 is 15.2 Å². The molecule has 32 heavy (non-hydrogen) atoms. The van der Waals surface area contributed by atoms with Crippen molar-refractivity contribution in [2.45, 2.75) is 0 Å². The molecule has 0 unspecified atom stereocenters. The number of aromatic nitrogens is 3. The number of anilines is 2. The molecule has 0 saturated heterocycles. The van der Waals surface area contributed by atoms with Gasteiger partial charge in [-0.1, -0.05) is 23.2 Å². The van der Waals surface area contributed by atoms with E-state index in [1.165, 1.54) is 30.6 Å². The molecule has 0 bridgehead atoms. The third-order valence-corrected chi connectivity index (χ3v) is 5.19. The topological polar surface area (TPSA) is 113 Å². The van der Waals surface area contributed by atoms with Gasteiger partial charge in [0.05, 0.1) is 27.5 Å². The fourth-order valence-corrected chi connectivity index (χ4v) is 3.58. The Morgan fingerprint density at radius 2 is 2.09 bits per heavy atom. The number of ether oxygens (including phenoxy) is 1. The number of hydrogen-bond acceptors (Lipinski definition) is 6. The highest BCUT2D eigenvalue weighted by atomic mass is 35.5. The second-order valence-electron chi connectivity index (χ2n) is 6.42. The van der Waals surface area contributed by atoms with E-state index in [0.717, 1.165) is 0 Å². The maximum atomic E-state index is 14.6. The van der Waals surface area contributed by atoms with Crippen LogP contribution in [0.2, 0.25) is 10.0 Å². The lowest BCUT2D eigenvalue weighted by atomic mass is 10.1. The van der Waals surface area contributed by atoms with E-state index in [0.29, 0.717) is 28.4 Å². The van der Waals surface area contributed by atoms with Gasteiger partial charge in [0, 0.05) is 23.6 Å². The van der Waals surface area contributed by atoms with Crippen molar-refractivity contribution in [2.24, 2.45) is 0 Å². The van der Waals surface area contributed by atoms with Gasteiger partial charge in [-0.2, -0.15) is 5.26 Å². The summed E-state index contributed by atoms with van der Waals surface area (Å²) in [5.41, 5.74) is 1.77. The van der Waals surface area contributed by atoms with Gasteiger partial charge in [0.25, 0.3) is 0 Å². The summed E-state index contributed by atoms with van der Waals surface area (Å²) >= 11 is 12.3. The molecule has 0 fully saturated rings. The standard InChI is InChI=1S/C21H12Cl2FN5O3/c22-14-9-11(1-2-12(14)21(30)31)28-19-20-27-10-15(29(20)7-6-26-19)13-3-4-16(32-8-5-25)18(24)17(13)23/h1-4,6-7,9-10H,8H2,(H,26,28)(H,30,31). The third kappa shape index (κ3) is 3.89. The van der Waals surface area contributed by atoms with Crippen molar-refractivity contribution < 1.29 is 19.0 Å². The molecular weight excluding hydrogens is 460 g/mol. The van der Waals surface area contributed by atoms with E-state index in [9.17, 15) is 9.18 Å². The van der Waals surface area contributed by atoms with Crippen molar-refractivity contribution in [1.29, 1.82) is 5.26 Å². The van der Waals surface area contributed by atoms with Crippen molar-refractivity contribution in [2.75, 3.05) is 11.9 Å². The lowest BCUT2D eigenvalue weighted by Crippen LogP contribution is -2.01. The second kappa shape index (κ2) is 8.70. The van der Waals surface area contributed by atoms with Gasteiger partial charge in [-0.05, 0) is 30.3 Å². The number of benzene rings is 2. The van der Waals surface area contributed by atoms with Crippen LogP contribution in [0.15, 0.2) is 48.9 Å². The van der Waals surface area contributed by atoms with Crippen LogP contribution in [0.1, 0.15) is 10.4 Å². The fraction of sp³-hybridized carbons (Fsp3) is 0.0476. The number of nitriles is 1. The number of carbonyl (C=O) groups is 1. The minimum atomic E-state index is -1.13. The quantitative estimate of drug-likeness (QED) is 0.397. The third-order valence-electron chi connectivity index (χ3n) is 4.51. The molecule has 0 aliphatic carbocycles. The Morgan fingerprint density at radius 1 is 1.28 bits per heavy atom. The first kappa shape index (κ1) is 21.4. The number of carboxylic acids is 1. The Morgan fingerprint density at radius 3 is 2.81 bits per heavy atom. The van der Waals surface area contributed by atoms with E-state index < -0.39 is 11.8 Å². The highest BCUT2D eigenvalue weighted by molar-refractivity contribution is 6.34. The SMILES string of the molecule is N#CCOc1ccc(-c2cnc3c(Nc4ccc(C(=O)O)c(Cl)c4)nccn23)c(Cl)c1F. The zero-order valence-electron chi connectivity index (χ0n) is 16.0. The molecule has 11 heteroatoms. The lowest BCUT2D eigenvalue weighted by molar-refractivity contribution is 0.0697. The van der Waals surface area contributed by atoms with Crippen molar-refractivity contribution in [3.8, 4) is 23.1 Å². The number of fused-ring (bicyclic) bond motifs is 1. The summed E-state index contributed by atoms with van der Waals surface area (Å²) in [4.78, 5) is 19.8. The summed E-state index contributed by atoms with van der Waals surface area (Å²) in [5.74, 6) is -1.67. The number of carboxylic acid groups (broad SMARTS) is 1. The molecule has 2 N–H and O–H groups in total. The number of hydrogen-bond donors (Lipinski definition) is 2. The molecule has 0 saturated carbocycles. The Kier molecular flexibility index (Phi) is 5.81. The second-order valence-corrected chi connectivity index (χ2v) is 7.21.